The fourth-order valence-corrected chi connectivity index (χ4v) is 4.96. The van der Waals surface area contributed by atoms with Gasteiger partial charge in [0.15, 0.2) is 0 Å². The molecule has 1 aliphatic carbocycles. The minimum absolute atomic E-state index is 0.0289. The molecule has 2 fully saturated rings. The second-order valence-corrected chi connectivity index (χ2v) is 9.13. The van der Waals surface area contributed by atoms with Crippen LogP contribution in [0, 0.1) is 17.1 Å². The summed E-state index contributed by atoms with van der Waals surface area (Å²) in [5.74, 6) is -0.499. The number of nitrogen functional groups attached to an aromatic ring is 1. The number of benzene rings is 2. The minimum Gasteiger partial charge on any atom is -0.481 e. The zero-order valence-electron chi connectivity index (χ0n) is 21.3. The highest BCUT2D eigenvalue weighted by atomic mass is 19.1. The van der Waals surface area contributed by atoms with Crippen LogP contribution in [0.15, 0.2) is 42.5 Å². The molecule has 6 nitrogen and oxygen atoms in total. The Balaban J connectivity index is 0.000000276. The monoisotopic (exact) mass is 495 g/mol. The van der Waals surface area contributed by atoms with Gasteiger partial charge in [0.2, 0.25) is 0 Å². The SMILES string of the molecule is CC.N=Cc1cc2c(cc1N)cc(C1CCOCC1)n2-c1ccc(F)cc1.O=C(O)C1CCCCC1. The number of nitrogens with zero attached hydrogens (tertiary/aromatic N) is 1. The Morgan fingerprint density at radius 2 is 1.69 bits per heavy atom. The predicted molar refractivity (Wildman–Crippen MR) is 144 cm³/mol. The first-order valence-electron chi connectivity index (χ1n) is 13.0. The highest BCUT2D eigenvalue weighted by molar-refractivity contribution is 5.96. The molecule has 1 aromatic heterocycles. The number of ether oxygens (including phenoxy) is 1. The van der Waals surface area contributed by atoms with Gasteiger partial charge in [0, 0.05) is 53.4 Å². The number of aliphatic carboxylic acids is 1. The smallest absolute Gasteiger partial charge is 0.306 e. The lowest BCUT2D eigenvalue weighted by Crippen LogP contribution is -2.16. The molecule has 0 radical (unpaired) electrons. The van der Waals surface area contributed by atoms with Gasteiger partial charge in [-0.25, -0.2) is 4.39 Å². The molecule has 2 heterocycles. The number of fused-ring (bicyclic) bond motifs is 1. The first-order chi connectivity index (χ1) is 17.5. The first kappa shape index (κ1) is 27.4. The molecule has 1 saturated heterocycles. The van der Waals surface area contributed by atoms with E-state index in [1.165, 1.54) is 30.5 Å². The van der Waals surface area contributed by atoms with E-state index in [-0.39, 0.29) is 11.7 Å². The lowest BCUT2D eigenvalue weighted by atomic mass is 9.90. The van der Waals surface area contributed by atoms with Crippen LogP contribution in [-0.2, 0) is 9.53 Å². The van der Waals surface area contributed by atoms with E-state index in [0.717, 1.165) is 68.3 Å². The van der Waals surface area contributed by atoms with Crippen molar-refractivity contribution in [1.29, 1.82) is 5.41 Å². The van der Waals surface area contributed by atoms with Gasteiger partial charge in [-0.2, -0.15) is 0 Å². The summed E-state index contributed by atoms with van der Waals surface area (Å²) in [7, 11) is 0. The third-order valence-electron chi connectivity index (χ3n) is 6.87. The zero-order chi connectivity index (χ0) is 26.1. The summed E-state index contributed by atoms with van der Waals surface area (Å²) in [5, 5.41) is 17.2. The lowest BCUT2D eigenvalue weighted by molar-refractivity contribution is -0.142. The Hall–Kier alpha value is -3.19. The van der Waals surface area contributed by atoms with Gasteiger partial charge >= 0.3 is 5.97 Å². The molecule has 1 saturated carbocycles. The third-order valence-corrected chi connectivity index (χ3v) is 6.87. The predicted octanol–water partition coefficient (Wildman–Crippen LogP) is 6.92. The molecule has 7 heteroatoms. The Kier molecular flexibility index (Phi) is 10.1. The van der Waals surface area contributed by atoms with E-state index < -0.39 is 5.97 Å². The quantitative estimate of drug-likeness (QED) is 0.270. The van der Waals surface area contributed by atoms with Crippen LogP contribution >= 0.6 is 0 Å². The third kappa shape index (κ3) is 6.52. The molecular formula is C29H38FN3O3. The number of halogens is 1. The Morgan fingerprint density at radius 1 is 1.06 bits per heavy atom. The van der Waals surface area contributed by atoms with Crippen molar-refractivity contribution >= 4 is 28.8 Å². The van der Waals surface area contributed by atoms with Crippen LogP contribution in [0.5, 0.6) is 0 Å². The van der Waals surface area contributed by atoms with Crippen molar-refractivity contribution in [3.05, 3.63) is 59.5 Å². The highest BCUT2D eigenvalue weighted by Crippen LogP contribution is 2.35. The van der Waals surface area contributed by atoms with Crippen LogP contribution in [0.3, 0.4) is 0 Å². The molecule has 0 unspecified atom stereocenters. The van der Waals surface area contributed by atoms with Gasteiger partial charge in [0.25, 0.3) is 0 Å². The molecular weight excluding hydrogens is 457 g/mol. The van der Waals surface area contributed by atoms with Crippen molar-refractivity contribution in [3.63, 3.8) is 0 Å². The fraction of sp³-hybridized carbons (Fsp3) is 0.448. The maximum atomic E-state index is 13.4. The number of hydrogen-bond acceptors (Lipinski definition) is 4. The summed E-state index contributed by atoms with van der Waals surface area (Å²) in [6.45, 7) is 5.51. The van der Waals surface area contributed by atoms with Crippen LogP contribution in [0.4, 0.5) is 10.1 Å². The molecule has 36 heavy (non-hydrogen) atoms. The number of hydrogen-bond donors (Lipinski definition) is 3. The van der Waals surface area contributed by atoms with Crippen LogP contribution < -0.4 is 5.73 Å². The van der Waals surface area contributed by atoms with E-state index in [4.69, 9.17) is 21.0 Å². The second-order valence-electron chi connectivity index (χ2n) is 9.13. The van der Waals surface area contributed by atoms with Crippen molar-refractivity contribution < 1.29 is 19.0 Å². The number of carboxylic acids is 1. The Bertz CT molecular complexity index is 1140. The molecule has 4 N–H and O–H groups in total. The Morgan fingerprint density at radius 3 is 2.25 bits per heavy atom. The Labute approximate surface area is 212 Å². The molecule has 5 rings (SSSR count). The van der Waals surface area contributed by atoms with E-state index in [1.54, 1.807) is 12.1 Å². The number of nitrogens with two attached hydrogens (primary N) is 1. The van der Waals surface area contributed by atoms with Crippen LogP contribution in [0.1, 0.15) is 76.0 Å². The number of nitrogens with one attached hydrogen (secondary N) is 1. The van der Waals surface area contributed by atoms with E-state index in [0.29, 0.717) is 17.2 Å². The zero-order valence-corrected chi connectivity index (χ0v) is 21.3. The maximum absolute atomic E-state index is 13.4. The summed E-state index contributed by atoms with van der Waals surface area (Å²) in [4.78, 5) is 10.4. The van der Waals surface area contributed by atoms with Crippen molar-refractivity contribution in [2.75, 3.05) is 18.9 Å². The van der Waals surface area contributed by atoms with E-state index in [1.807, 2.05) is 26.0 Å². The lowest BCUT2D eigenvalue weighted by Gasteiger charge is -2.24. The largest absolute Gasteiger partial charge is 0.481 e. The molecule has 0 spiro atoms. The number of carbonyl (C=O) groups is 1. The van der Waals surface area contributed by atoms with Gasteiger partial charge in [0.05, 0.1) is 11.4 Å². The summed E-state index contributed by atoms with van der Waals surface area (Å²) in [5.41, 5.74) is 10.4. The van der Waals surface area contributed by atoms with E-state index in [9.17, 15) is 9.18 Å². The van der Waals surface area contributed by atoms with Gasteiger partial charge in [0.1, 0.15) is 5.82 Å². The average molecular weight is 496 g/mol. The number of rotatable bonds is 4. The summed E-state index contributed by atoms with van der Waals surface area (Å²) >= 11 is 0. The summed E-state index contributed by atoms with van der Waals surface area (Å²) in [6.07, 6.45) is 8.43. The van der Waals surface area contributed by atoms with Gasteiger partial charge < -0.3 is 25.6 Å². The van der Waals surface area contributed by atoms with Gasteiger partial charge in [-0.1, -0.05) is 33.1 Å². The van der Waals surface area contributed by atoms with E-state index in [2.05, 4.69) is 10.6 Å². The average Bonchev–Trinajstić information content (AvgIpc) is 3.29. The van der Waals surface area contributed by atoms with Gasteiger partial charge in [-0.3, -0.25) is 4.79 Å². The van der Waals surface area contributed by atoms with E-state index >= 15 is 0 Å². The number of anilines is 1. The molecule has 0 amide bonds. The van der Waals surface area contributed by atoms with Crippen molar-refractivity contribution in [2.24, 2.45) is 5.92 Å². The maximum Gasteiger partial charge on any atom is 0.306 e. The van der Waals surface area contributed by atoms with Crippen LogP contribution in [0.25, 0.3) is 16.6 Å². The first-order valence-corrected chi connectivity index (χ1v) is 13.0. The molecule has 1 aliphatic heterocycles. The summed E-state index contributed by atoms with van der Waals surface area (Å²) in [6, 6.07) is 12.5. The second kappa shape index (κ2) is 13.2. The van der Waals surface area contributed by atoms with Crippen LogP contribution in [-0.4, -0.2) is 35.1 Å². The van der Waals surface area contributed by atoms with Crippen molar-refractivity contribution in [2.45, 2.75) is 64.7 Å². The topological polar surface area (TPSA) is 101 Å². The number of carboxylic acid groups (broad SMARTS) is 1. The van der Waals surface area contributed by atoms with Crippen molar-refractivity contribution in [1.82, 2.24) is 4.57 Å². The normalized spacial score (nSPS) is 16.4. The molecule has 2 aliphatic rings. The van der Waals surface area contributed by atoms with Gasteiger partial charge in [-0.15, -0.1) is 0 Å². The standard InChI is InChI=1S/C20H20FN3O.C7H12O2.C2H6/c21-16-1-3-17(4-2-16)24-19(13-5-7-25-8-6-13)10-14-9-18(23)15(12-22)11-20(14)24;8-7(9)6-4-2-1-3-5-6;1-2/h1-4,9-13,22H,5-8,23H2;6H,1-5H2,(H,8,9);1-2H3. The summed E-state index contributed by atoms with van der Waals surface area (Å²) < 4.78 is 21.1. The highest BCUT2D eigenvalue weighted by Gasteiger charge is 2.23. The van der Waals surface area contributed by atoms with Crippen molar-refractivity contribution in [3.8, 4) is 5.69 Å². The molecule has 0 atom stereocenters. The molecule has 3 aromatic rings. The number of aromatic nitrogens is 1. The fourth-order valence-electron chi connectivity index (χ4n) is 4.96. The molecule has 0 bridgehead atoms. The molecule has 2 aromatic carbocycles. The minimum atomic E-state index is -0.602. The van der Waals surface area contributed by atoms with Gasteiger partial charge in [-0.05, 0) is 68.1 Å². The van der Waals surface area contributed by atoms with Crippen LogP contribution in [0.2, 0.25) is 0 Å². The molecule has 194 valence electrons.